The van der Waals surface area contributed by atoms with Crippen molar-refractivity contribution in [2.75, 3.05) is 19.7 Å². The molecule has 0 aliphatic carbocycles. The van der Waals surface area contributed by atoms with Crippen LogP contribution in [0.2, 0.25) is 0 Å². The zero-order valence-corrected chi connectivity index (χ0v) is 15.8. The van der Waals surface area contributed by atoms with Crippen LogP contribution in [0, 0.1) is 0 Å². The summed E-state index contributed by atoms with van der Waals surface area (Å²) in [5.74, 6) is 0.442. The van der Waals surface area contributed by atoms with Gasteiger partial charge < -0.3 is 14.4 Å². The molecule has 0 atom stereocenters. The summed E-state index contributed by atoms with van der Waals surface area (Å²) >= 11 is 3.31. The predicted molar refractivity (Wildman–Crippen MR) is 99.0 cm³/mol. The van der Waals surface area contributed by atoms with Crippen LogP contribution in [-0.4, -0.2) is 36.5 Å². The fourth-order valence-electron chi connectivity index (χ4n) is 2.19. The van der Waals surface area contributed by atoms with Crippen LogP contribution >= 0.6 is 15.9 Å². The Morgan fingerprint density at radius 3 is 2.04 bits per heavy atom. The molecule has 25 heavy (non-hydrogen) atoms. The van der Waals surface area contributed by atoms with Crippen LogP contribution in [0.5, 0.6) is 11.5 Å². The highest BCUT2D eigenvalue weighted by Gasteiger charge is 2.12. The maximum Gasteiger partial charge on any atom is 0.349 e. The van der Waals surface area contributed by atoms with Gasteiger partial charge in [0.15, 0.2) is 6.61 Å². The lowest BCUT2D eigenvalue weighted by Crippen LogP contribution is -2.30. The van der Waals surface area contributed by atoms with Crippen LogP contribution < -0.4 is 9.47 Å². The Morgan fingerprint density at radius 2 is 1.48 bits per heavy atom. The molecule has 0 heterocycles. The van der Waals surface area contributed by atoms with E-state index in [1.807, 2.05) is 13.8 Å². The zero-order valence-electron chi connectivity index (χ0n) is 14.2. The Hall–Kier alpha value is -2.34. The topological polar surface area (TPSA) is 55.8 Å². The number of hydrogen-bond donors (Lipinski definition) is 0. The molecule has 0 saturated heterocycles. The van der Waals surface area contributed by atoms with Crippen LogP contribution in [0.25, 0.3) is 0 Å². The van der Waals surface area contributed by atoms with Gasteiger partial charge in [0.05, 0.1) is 0 Å². The first-order valence-corrected chi connectivity index (χ1v) is 8.81. The molecule has 1 amide bonds. The van der Waals surface area contributed by atoms with Crippen LogP contribution in [0.3, 0.4) is 0 Å². The Morgan fingerprint density at radius 1 is 0.920 bits per heavy atom. The first kappa shape index (κ1) is 19.0. The summed E-state index contributed by atoms with van der Waals surface area (Å²) in [6.07, 6.45) is 0. The highest BCUT2D eigenvalue weighted by atomic mass is 79.9. The third kappa shape index (κ3) is 5.60. The van der Waals surface area contributed by atoms with Crippen molar-refractivity contribution in [3.63, 3.8) is 0 Å². The molecule has 2 rings (SSSR count). The number of ether oxygens (including phenoxy) is 2. The van der Waals surface area contributed by atoms with Gasteiger partial charge in [-0.05, 0) is 62.4 Å². The quantitative estimate of drug-likeness (QED) is 0.517. The number of benzene rings is 2. The highest BCUT2D eigenvalue weighted by Crippen LogP contribution is 2.17. The Kier molecular flexibility index (Phi) is 7.01. The second-order valence-corrected chi connectivity index (χ2v) is 6.13. The van der Waals surface area contributed by atoms with Gasteiger partial charge in [0.2, 0.25) is 0 Å². The number of carbonyl (C=O) groups excluding carboxylic acids is 2. The maximum absolute atomic E-state index is 12.2. The minimum atomic E-state index is -0.495. The van der Waals surface area contributed by atoms with Crippen molar-refractivity contribution in [1.29, 1.82) is 0 Å². The van der Waals surface area contributed by atoms with Crippen molar-refractivity contribution in [1.82, 2.24) is 4.90 Å². The van der Waals surface area contributed by atoms with Gasteiger partial charge in [-0.15, -0.1) is 0 Å². The van der Waals surface area contributed by atoms with Crippen LogP contribution in [-0.2, 0) is 4.79 Å². The van der Waals surface area contributed by atoms with Gasteiger partial charge in [0.25, 0.3) is 5.91 Å². The van der Waals surface area contributed by atoms with Gasteiger partial charge in [0, 0.05) is 23.1 Å². The largest absolute Gasteiger partial charge is 0.482 e. The Bertz CT molecular complexity index is 709. The smallest absolute Gasteiger partial charge is 0.349 e. The summed E-state index contributed by atoms with van der Waals surface area (Å²) in [5, 5.41) is 0. The molecular weight excluding hydrogens is 386 g/mol. The fraction of sp³-hybridized carbons (Fsp3) is 0.263. The molecule has 0 spiro atoms. The fourth-order valence-corrected chi connectivity index (χ4v) is 2.46. The highest BCUT2D eigenvalue weighted by molar-refractivity contribution is 9.10. The minimum absolute atomic E-state index is 0.0220. The van der Waals surface area contributed by atoms with Crippen molar-refractivity contribution in [3.05, 3.63) is 58.6 Å². The molecule has 0 fully saturated rings. The summed E-state index contributed by atoms with van der Waals surface area (Å²) in [4.78, 5) is 25.8. The van der Waals surface area contributed by atoms with E-state index in [0.717, 1.165) is 4.47 Å². The molecule has 0 aliphatic rings. The lowest BCUT2D eigenvalue weighted by molar-refractivity contribution is -0.136. The molecule has 6 heteroatoms. The molecule has 0 N–H and O–H groups in total. The van der Waals surface area contributed by atoms with Crippen LogP contribution in [0.1, 0.15) is 24.2 Å². The SMILES string of the molecule is CCN(CC)C(=O)c1ccc(OCC(=O)Oc2ccc(Br)cc2)cc1. The number of hydrogen-bond acceptors (Lipinski definition) is 4. The molecule has 2 aromatic carbocycles. The number of esters is 1. The first-order valence-electron chi connectivity index (χ1n) is 8.01. The second-order valence-electron chi connectivity index (χ2n) is 5.22. The zero-order chi connectivity index (χ0) is 18.2. The summed E-state index contributed by atoms with van der Waals surface area (Å²) in [7, 11) is 0. The average molecular weight is 406 g/mol. The van der Waals surface area contributed by atoms with Gasteiger partial charge >= 0.3 is 5.97 Å². The molecule has 0 bridgehead atoms. The lowest BCUT2D eigenvalue weighted by Gasteiger charge is -2.18. The van der Waals surface area contributed by atoms with E-state index in [1.54, 1.807) is 53.4 Å². The molecule has 0 aromatic heterocycles. The summed E-state index contributed by atoms with van der Waals surface area (Å²) < 4.78 is 11.5. The Labute approximate surface area is 155 Å². The Balaban J connectivity index is 1.87. The van der Waals surface area contributed by atoms with Crippen molar-refractivity contribution >= 4 is 27.8 Å². The van der Waals surface area contributed by atoms with E-state index in [0.29, 0.717) is 30.2 Å². The number of carbonyl (C=O) groups is 2. The number of amides is 1. The van der Waals surface area contributed by atoms with Crippen molar-refractivity contribution < 1.29 is 19.1 Å². The minimum Gasteiger partial charge on any atom is -0.482 e. The average Bonchev–Trinajstić information content (AvgIpc) is 2.63. The summed E-state index contributed by atoms with van der Waals surface area (Å²) in [6.45, 7) is 5.00. The van der Waals surface area contributed by atoms with E-state index >= 15 is 0 Å². The van der Waals surface area contributed by atoms with Crippen molar-refractivity contribution in [3.8, 4) is 11.5 Å². The third-order valence-corrected chi connectivity index (χ3v) is 4.08. The second kappa shape index (κ2) is 9.22. The normalized spacial score (nSPS) is 10.2. The van der Waals surface area contributed by atoms with Crippen LogP contribution in [0.15, 0.2) is 53.0 Å². The van der Waals surface area contributed by atoms with E-state index in [1.165, 1.54) is 0 Å². The summed E-state index contributed by atoms with van der Waals surface area (Å²) in [5.41, 5.74) is 0.591. The molecule has 0 saturated carbocycles. The molecule has 5 nitrogen and oxygen atoms in total. The van der Waals surface area contributed by atoms with Gasteiger partial charge in [-0.3, -0.25) is 4.79 Å². The molecule has 0 unspecified atom stereocenters. The van der Waals surface area contributed by atoms with E-state index in [4.69, 9.17) is 9.47 Å². The third-order valence-electron chi connectivity index (χ3n) is 3.55. The van der Waals surface area contributed by atoms with Crippen molar-refractivity contribution in [2.24, 2.45) is 0 Å². The molecule has 2 aromatic rings. The van der Waals surface area contributed by atoms with Crippen LogP contribution in [0.4, 0.5) is 0 Å². The van der Waals surface area contributed by atoms with E-state index < -0.39 is 5.97 Å². The molecule has 0 radical (unpaired) electrons. The lowest BCUT2D eigenvalue weighted by atomic mass is 10.2. The van der Waals surface area contributed by atoms with Crippen molar-refractivity contribution in [2.45, 2.75) is 13.8 Å². The van der Waals surface area contributed by atoms with E-state index in [2.05, 4.69) is 15.9 Å². The number of halogens is 1. The predicted octanol–water partition coefficient (Wildman–Crippen LogP) is 3.92. The summed E-state index contributed by atoms with van der Waals surface area (Å²) in [6, 6.07) is 13.7. The van der Waals surface area contributed by atoms with Gasteiger partial charge in [0.1, 0.15) is 11.5 Å². The van der Waals surface area contributed by atoms with Gasteiger partial charge in [-0.25, -0.2) is 4.79 Å². The van der Waals surface area contributed by atoms with E-state index in [9.17, 15) is 9.59 Å². The maximum atomic E-state index is 12.2. The number of rotatable bonds is 7. The molecular formula is C19H20BrNO4. The monoisotopic (exact) mass is 405 g/mol. The molecule has 132 valence electrons. The standard InChI is InChI=1S/C19H20BrNO4/c1-3-21(4-2)19(23)14-5-9-16(10-6-14)24-13-18(22)25-17-11-7-15(20)8-12-17/h5-12H,3-4,13H2,1-2H3. The van der Waals surface area contributed by atoms with E-state index in [-0.39, 0.29) is 12.5 Å². The number of nitrogens with zero attached hydrogens (tertiary/aromatic N) is 1. The van der Waals surface area contributed by atoms with Gasteiger partial charge in [-0.1, -0.05) is 15.9 Å². The van der Waals surface area contributed by atoms with Gasteiger partial charge in [-0.2, -0.15) is 0 Å². The first-order chi connectivity index (χ1) is 12.0. The molecule has 0 aliphatic heterocycles.